The fourth-order valence-corrected chi connectivity index (χ4v) is 5.20. The molecule has 0 aromatic carbocycles. The van der Waals surface area contributed by atoms with Gasteiger partial charge in [0.25, 0.3) is 0 Å². The summed E-state index contributed by atoms with van der Waals surface area (Å²) < 4.78 is 63.5. The van der Waals surface area contributed by atoms with Gasteiger partial charge in [-0.25, -0.2) is 17.2 Å². The summed E-state index contributed by atoms with van der Waals surface area (Å²) in [5.74, 6) is 0. The van der Waals surface area contributed by atoms with Gasteiger partial charge in [-0.05, 0) is 40.0 Å². The van der Waals surface area contributed by atoms with E-state index in [0.29, 0.717) is 33.9 Å². The Hall–Kier alpha value is -0.220. The van der Waals surface area contributed by atoms with E-state index < -0.39 is 26.1 Å². The monoisotopic (exact) mass is 446 g/mol. The summed E-state index contributed by atoms with van der Waals surface area (Å²) in [6.07, 6.45) is -1.04. The van der Waals surface area contributed by atoms with Gasteiger partial charge in [0.2, 0.25) is 0 Å². The van der Waals surface area contributed by atoms with Crippen molar-refractivity contribution in [1.82, 2.24) is 0 Å². The van der Waals surface area contributed by atoms with Gasteiger partial charge in [-0.1, -0.05) is 20.8 Å². The van der Waals surface area contributed by atoms with Gasteiger partial charge in [0.1, 0.15) is 18.3 Å². The summed E-state index contributed by atoms with van der Waals surface area (Å²) >= 11 is 0.780. The van der Waals surface area contributed by atoms with Crippen molar-refractivity contribution in [1.29, 1.82) is 0 Å². The normalized spacial score (nSPS) is 16.7. The lowest BCUT2D eigenvalue weighted by Gasteiger charge is -2.28. The minimum atomic E-state index is -4.16. The standard InChI is InChI=1S/C15H27O7PS3/c1-7-13(10(4)24-17)20-23(16,21-14(8-2)11(5)25-18)22-15(9-3)12(6)26-19/h13-15H,7-9H2,1-6H3. The molecule has 0 fully saturated rings. The van der Waals surface area contributed by atoms with Gasteiger partial charge < -0.3 is 0 Å². The quantitative estimate of drug-likeness (QED) is 0.336. The first-order chi connectivity index (χ1) is 12.2. The summed E-state index contributed by atoms with van der Waals surface area (Å²) in [7, 11) is -4.16. The van der Waals surface area contributed by atoms with E-state index in [4.69, 9.17) is 13.6 Å². The minimum absolute atomic E-state index is 0.260. The van der Waals surface area contributed by atoms with Crippen molar-refractivity contribution in [3.05, 3.63) is 0 Å². The van der Waals surface area contributed by atoms with Crippen molar-refractivity contribution in [3.63, 3.8) is 0 Å². The maximum atomic E-state index is 13.3. The fourth-order valence-electron chi connectivity index (χ4n) is 2.01. The van der Waals surface area contributed by atoms with Crippen molar-refractivity contribution in [3.8, 4) is 0 Å². The highest BCUT2D eigenvalue weighted by atomic mass is 32.1. The molecule has 0 aliphatic rings. The topological polar surface area (TPSA) is 96.0 Å². The SMILES string of the molecule is CCC(OP(=O)(OC(CC)C(C)=S=O)OC(CC)C(C)=S=O)C(C)=S=O. The second-order valence-electron chi connectivity index (χ2n) is 5.54. The van der Waals surface area contributed by atoms with Gasteiger partial charge in [-0.3, -0.25) is 13.6 Å². The molecule has 26 heavy (non-hydrogen) atoms. The highest BCUT2D eigenvalue weighted by molar-refractivity contribution is 7.67. The summed E-state index contributed by atoms with van der Waals surface area (Å²) in [6, 6.07) is 0. The molecule has 0 rings (SSSR count). The molecule has 0 aromatic rings. The summed E-state index contributed by atoms with van der Waals surface area (Å²) in [4.78, 5) is 1.16. The molecule has 0 spiro atoms. The van der Waals surface area contributed by atoms with E-state index in [1.165, 1.54) is 0 Å². The average Bonchev–Trinajstić information content (AvgIpc) is 2.66. The second kappa shape index (κ2) is 13.0. The Bertz CT molecular complexity index is 586. The van der Waals surface area contributed by atoms with Crippen LogP contribution in [0, 0.1) is 0 Å². The number of phosphoric ester groups is 1. The predicted molar refractivity (Wildman–Crippen MR) is 110 cm³/mol. The van der Waals surface area contributed by atoms with Gasteiger partial charge in [0.15, 0.2) is 0 Å². The van der Waals surface area contributed by atoms with E-state index in [1.54, 1.807) is 41.5 Å². The van der Waals surface area contributed by atoms with E-state index in [9.17, 15) is 17.2 Å². The van der Waals surface area contributed by atoms with Crippen LogP contribution in [0.2, 0.25) is 0 Å². The van der Waals surface area contributed by atoms with Crippen LogP contribution in [0.5, 0.6) is 0 Å². The largest absolute Gasteiger partial charge is 0.476 e. The molecule has 0 amide bonds. The zero-order valence-electron chi connectivity index (χ0n) is 15.9. The highest BCUT2D eigenvalue weighted by Gasteiger charge is 2.38. The summed E-state index contributed by atoms with van der Waals surface area (Å²) in [5.41, 5.74) is 0. The number of phosphoric acid groups is 1. The van der Waals surface area contributed by atoms with Crippen LogP contribution >= 0.6 is 7.82 Å². The molecule has 11 heteroatoms. The van der Waals surface area contributed by atoms with Crippen LogP contribution < -0.4 is 0 Å². The van der Waals surface area contributed by atoms with E-state index in [2.05, 4.69) is 0 Å². The Balaban J connectivity index is 5.90. The Morgan fingerprint density at radius 2 is 0.923 bits per heavy atom. The lowest BCUT2D eigenvalue weighted by molar-refractivity contribution is 0.0738. The third-order valence-electron chi connectivity index (χ3n) is 3.64. The van der Waals surface area contributed by atoms with Crippen LogP contribution in [0.25, 0.3) is 0 Å². The maximum Gasteiger partial charge on any atom is 0.476 e. The predicted octanol–water partition coefficient (Wildman–Crippen LogP) is 2.70. The average molecular weight is 447 g/mol. The van der Waals surface area contributed by atoms with Crippen LogP contribution in [0.1, 0.15) is 60.8 Å². The first-order valence-electron chi connectivity index (χ1n) is 8.26. The van der Waals surface area contributed by atoms with Gasteiger partial charge in [0, 0.05) is 14.6 Å². The van der Waals surface area contributed by atoms with E-state index in [1.807, 2.05) is 0 Å². The molecule has 0 aromatic heterocycles. The lowest BCUT2D eigenvalue weighted by Crippen LogP contribution is -2.28. The molecule has 0 N–H and O–H groups in total. The zero-order chi connectivity index (χ0) is 20.3. The lowest BCUT2D eigenvalue weighted by atomic mass is 10.2. The molecule has 0 saturated carbocycles. The number of hydrogen-bond donors (Lipinski definition) is 0. The van der Waals surface area contributed by atoms with Crippen molar-refractivity contribution in [2.75, 3.05) is 0 Å². The number of rotatable bonds is 12. The smallest absolute Gasteiger partial charge is 0.278 e. The molecule has 0 aliphatic heterocycles. The molecule has 0 saturated heterocycles. The van der Waals surface area contributed by atoms with Crippen LogP contribution in [0.3, 0.4) is 0 Å². The van der Waals surface area contributed by atoms with Crippen molar-refractivity contribution in [2.45, 2.75) is 79.1 Å². The fraction of sp³-hybridized carbons (Fsp3) is 0.800. The first kappa shape index (κ1) is 25.8. The van der Waals surface area contributed by atoms with Crippen LogP contribution in [0.15, 0.2) is 0 Å². The zero-order valence-corrected chi connectivity index (χ0v) is 19.2. The van der Waals surface area contributed by atoms with Crippen LogP contribution in [-0.4, -0.2) is 45.5 Å². The Morgan fingerprint density at radius 3 is 1.08 bits per heavy atom. The van der Waals surface area contributed by atoms with Crippen molar-refractivity contribution in [2.24, 2.45) is 0 Å². The van der Waals surface area contributed by atoms with Gasteiger partial charge in [-0.2, -0.15) is 0 Å². The van der Waals surface area contributed by atoms with Gasteiger partial charge in [-0.15, -0.1) is 0 Å². The molecule has 0 aliphatic carbocycles. The highest BCUT2D eigenvalue weighted by Crippen LogP contribution is 2.54. The van der Waals surface area contributed by atoms with Gasteiger partial charge >= 0.3 is 7.82 Å². The maximum absolute atomic E-state index is 13.3. The van der Waals surface area contributed by atoms with Crippen LogP contribution in [0.4, 0.5) is 0 Å². The van der Waals surface area contributed by atoms with Crippen molar-refractivity contribution < 1.29 is 30.8 Å². The molecule has 3 unspecified atom stereocenters. The first-order valence-corrected chi connectivity index (χ1v) is 11.9. The van der Waals surface area contributed by atoms with E-state index >= 15 is 0 Å². The molecule has 152 valence electrons. The Kier molecular flexibility index (Phi) is 12.9. The third-order valence-corrected chi connectivity index (χ3v) is 6.75. The molecule has 0 bridgehead atoms. The van der Waals surface area contributed by atoms with E-state index in [0.717, 1.165) is 0 Å². The molecule has 3 atom stereocenters. The van der Waals surface area contributed by atoms with E-state index in [-0.39, 0.29) is 33.8 Å². The third kappa shape index (κ3) is 8.21. The van der Waals surface area contributed by atoms with Gasteiger partial charge in [0.05, 0.1) is 33.8 Å². The minimum Gasteiger partial charge on any atom is -0.278 e. The molecule has 7 nitrogen and oxygen atoms in total. The molecular formula is C15H27O7PS3. The molecule has 0 radical (unpaired) electrons. The Morgan fingerprint density at radius 1 is 0.692 bits per heavy atom. The Labute approximate surface area is 166 Å². The summed E-state index contributed by atoms with van der Waals surface area (Å²) in [6.45, 7) is 10.1. The van der Waals surface area contributed by atoms with Crippen LogP contribution in [-0.2, 0) is 51.9 Å². The molecular weight excluding hydrogens is 419 g/mol. The van der Waals surface area contributed by atoms with Crippen molar-refractivity contribution >= 4 is 56.2 Å². The number of hydrogen-bond acceptors (Lipinski definition) is 7. The summed E-state index contributed by atoms with van der Waals surface area (Å²) in [5, 5.41) is 0. The second-order valence-corrected chi connectivity index (χ2v) is 9.49. The molecule has 0 heterocycles.